The number of aromatic nitrogens is 1. The average Bonchev–Trinajstić information content (AvgIpc) is 3.51. The van der Waals surface area contributed by atoms with Crippen LogP contribution in [0.1, 0.15) is 18.4 Å². The second-order valence-electron chi connectivity index (χ2n) is 8.74. The third-order valence-corrected chi connectivity index (χ3v) is 6.74. The predicted octanol–water partition coefficient (Wildman–Crippen LogP) is 5.24. The van der Waals surface area contributed by atoms with Crippen molar-refractivity contribution in [2.24, 2.45) is 5.73 Å². The van der Waals surface area contributed by atoms with Crippen LogP contribution >= 0.6 is 11.6 Å². The van der Waals surface area contributed by atoms with E-state index < -0.39 is 0 Å². The Morgan fingerprint density at radius 2 is 1.97 bits per heavy atom. The second kappa shape index (κ2) is 9.13. The summed E-state index contributed by atoms with van der Waals surface area (Å²) in [5, 5.41) is 11.7. The third-order valence-electron chi connectivity index (χ3n) is 6.33. The van der Waals surface area contributed by atoms with E-state index in [0.29, 0.717) is 59.6 Å². The lowest BCUT2D eigenvalue weighted by Crippen LogP contribution is -2.30. The van der Waals surface area contributed by atoms with Gasteiger partial charge in [-0.3, -0.25) is 4.79 Å². The molecule has 0 aliphatic carbocycles. The number of hydrogen-bond acceptors (Lipinski definition) is 7. The number of ether oxygens (including phenoxy) is 2. The summed E-state index contributed by atoms with van der Waals surface area (Å²) in [4.78, 5) is 11.5. The first-order valence-electron chi connectivity index (χ1n) is 11.7. The van der Waals surface area contributed by atoms with Gasteiger partial charge in [-0.05, 0) is 54.0 Å². The van der Waals surface area contributed by atoms with Gasteiger partial charge in [0.05, 0.1) is 22.1 Å². The van der Waals surface area contributed by atoms with Gasteiger partial charge in [-0.1, -0.05) is 41.0 Å². The van der Waals surface area contributed by atoms with Crippen molar-refractivity contribution in [3.8, 4) is 22.6 Å². The smallest absolute Gasteiger partial charge is 0.220 e. The highest BCUT2D eigenvalue weighted by Crippen LogP contribution is 2.40. The van der Waals surface area contributed by atoms with Gasteiger partial charge in [0.2, 0.25) is 5.91 Å². The molecule has 1 amide bonds. The summed E-state index contributed by atoms with van der Waals surface area (Å²) in [6, 6.07) is 17.1. The summed E-state index contributed by atoms with van der Waals surface area (Å²) >= 11 is 6.83. The molecule has 0 saturated carbocycles. The third kappa shape index (κ3) is 4.20. The lowest BCUT2D eigenvalue weighted by molar-refractivity contribution is -0.119. The number of anilines is 2. The van der Waals surface area contributed by atoms with Gasteiger partial charge < -0.3 is 30.4 Å². The Bertz CT molecular complexity index is 1510. The molecule has 1 saturated heterocycles. The zero-order valence-corrected chi connectivity index (χ0v) is 20.0. The summed E-state index contributed by atoms with van der Waals surface area (Å²) in [6.45, 7) is 1.06. The molecule has 0 bridgehead atoms. The molecule has 2 aliphatic rings. The van der Waals surface area contributed by atoms with E-state index in [4.69, 9.17) is 31.3 Å². The summed E-state index contributed by atoms with van der Waals surface area (Å²) in [5.74, 6) is 1.99. The fraction of sp³-hybridized carbons (Fsp3) is 0.185. The molecule has 4 aromatic rings. The Labute approximate surface area is 212 Å². The molecule has 2 aliphatic heterocycles. The minimum atomic E-state index is -0.143. The molecule has 1 unspecified atom stereocenters. The lowest BCUT2D eigenvalue weighted by atomic mass is 10.0. The van der Waals surface area contributed by atoms with Crippen molar-refractivity contribution in [1.82, 2.24) is 10.5 Å². The molecule has 1 aromatic heterocycles. The van der Waals surface area contributed by atoms with E-state index in [0.717, 1.165) is 27.8 Å². The van der Waals surface area contributed by atoms with Crippen LogP contribution in [0.25, 0.3) is 28.2 Å². The van der Waals surface area contributed by atoms with Gasteiger partial charge >= 0.3 is 0 Å². The molecule has 182 valence electrons. The molecule has 0 spiro atoms. The second-order valence-corrected chi connectivity index (χ2v) is 9.12. The van der Waals surface area contributed by atoms with Crippen LogP contribution in [0.3, 0.4) is 0 Å². The Morgan fingerprint density at radius 3 is 2.81 bits per heavy atom. The Morgan fingerprint density at radius 1 is 1.11 bits per heavy atom. The fourth-order valence-electron chi connectivity index (χ4n) is 4.48. The summed E-state index contributed by atoms with van der Waals surface area (Å²) in [5.41, 5.74) is 10.8. The van der Waals surface area contributed by atoms with Crippen molar-refractivity contribution >= 4 is 46.1 Å². The van der Waals surface area contributed by atoms with Crippen LogP contribution in [0.4, 0.5) is 11.5 Å². The molecule has 0 radical (unpaired) electrons. The largest absolute Gasteiger partial charge is 0.486 e. The van der Waals surface area contributed by atoms with E-state index in [-0.39, 0.29) is 11.9 Å². The van der Waals surface area contributed by atoms with Gasteiger partial charge in [-0.15, -0.1) is 0 Å². The number of nitrogens with two attached hydrogens (primary N) is 1. The Hall–Kier alpha value is -4.17. The normalized spacial score (nSPS) is 17.3. The first kappa shape index (κ1) is 22.3. The lowest BCUT2D eigenvalue weighted by Gasteiger charge is -2.19. The molecule has 3 aromatic carbocycles. The Balaban J connectivity index is 1.30. The highest BCUT2D eigenvalue weighted by molar-refractivity contribution is 6.36. The summed E-state index contributed by atoms with van der Waals surface area (Å²) in [7, 11) is 0. The quantitative estimate of drug-likeness (QED) is 0.342. The van der Waals surface area contributed by atoms with Gasteiger partial charge in [-0.25, -0.2) is 0 Å². The van der Waals surface area contributed by atoms with E-state index in [1.165, 1.54) is 0 Å². The molecule has 9 heteroatoms. The highest BCUT2D eigenvalue weighted by atomic mass is 35.5. The van der Waals surface area contributed by atoms with Crippen molar-refractivity contribution in [3.63, 3.8) is 0 Å². The number of carbonyl (C=O) groups excluding carboxylic acids is 1. The van der Waals surface area contributed by atoms with Crippen molar-refractivity contribution in [3.05, 3.63) is 70.9 Å². The van der Waals surface area contributed by atoms with Gasteiger partial charge in [0.25, 0.3) is 0 Å². The van der Waals surface area contributed by atoms with E-state index in [9.17, 15) is 4.79 Å². The van der Waals surface area contributed by atoms with Gasteiger partial charge in [0.1, 0.15) is 13.2 Å². The molecule has 36 heavy (non-hydrogen) atoms. The first-order valence-corrected chi connectivity index (χ1v) is 12.0. The summed E-state index contributed by atoms with van der Waals surface area (Å²) < 4.78 is 16.9. The minimum Gasteiger partial charge on any atom is -0.486 e. The molecule has 6 rings (SSSR count). The number of nitrogens with one attached hydrogen (secondary N) is 2. The maximum Gasteiger partial charge on any atom is 0.220 e. The number of nitrogens with zero attached hydrogens (tertiary/aromatic N) is 1. The van der Waals surface area contributed by atoms with Crippen molar-refractivity contribution < 1.29 is 18.8 Å². The maximum absolute atomic E-state index is 11.5. The van der Waals surface area contributed by atoms with Crippen LogP contribution in [0.15, 0.2) is 64.8 Å². The number of carbonyl (C=O) groups is 1. The van der Waals surface area contributed by atoms with E-state index >= 15 is 0 Å². The van der Waals surface area contributed by atoms with Crippen LogP contribution < -0.4 is 25.8 Å². The zero-order chi connectivity index (χ0) is 24.6. The van der Waals surface area contributed by atoms with Crippen LogP contribution in [0, 0.1) is 0 Å². The minimum absolute atomic E-state index is 0.0210. The van der Waals surface area contributed by atoms with Crippen molar-refractivity contribution in [2.75, 3.05) is 18.5 Å². The van der Waals surface area contributed by atoms with Crippen LogP contribution in [-0.4, -0.2) is 30.3 Å². The molecule has 4 N–H and O–H groups in total. The van der Waals surface area contributed by atoms with Gasteiger partial charge in [0, 0.05) is 17.7 Å². The van der Waals surface area contributed by atoms with Crippen LogP contribution in [0.2, 0.25) is 5.02 Å². The molecular weight excluding hydrogens is 480 g/mol. The molecular formula is C27H23ClN4O4. The van der Waals surface area contributed by atoms with Gasteiger partial charge in [-0.2, -0.15) is 0 Å². The molecule has 3 heterocycles. The predicted molar refractivity (Wildman–Crippen MR) is 138 cm³/mol. The Kier molecular flexibility index (Phi) is 5.65. The SMILES string of the molecule is NC(=Cc1ccc2onc(Nc3cccc(-c4ccc5c(c4)OCCO5)c3Cl)c2c1)C1CCC(=O)N1. The highest BCUT2D eigenvalue weighted by Gasteiger charge is 2.22. The van der Waals surface area contributed by atoms with Crippen molar-refractivity contribution in [2.45, 2.75) is 18.9 Å². The molecule has 1 atom stereocenters. The number of halogens is 1. The van der Waals surface area contributed by atoms with Gasteiger partial charge in [0.15, 0.2) is 22.9 Å². The number of hydrogen-bond donors (Lipinski definition) is 3. The number of rotatable bonds is 5. The van der Waals surface area contributed by atoms with Crippen LogP contribution in [-0.2, 0) is 4.79 Å². The first-order chi connectivity index (χ1) is 17.5. The zero-order valence-electron chi connectivity index (χ0n) is 19.2. The summed E-state index contributed by atoms with van der Waals surface area (Å²) in [6.07, 6.45) is 3.05. The van der Waals surface area contributed by atoms with E-state index in [1.54, 1.807) is 0 Å². The number of amides is 1. The molecule has 8 nitrogen and oxygen atoms in total. The topological polar surface area (TPSA) is 112 Å². The standard InChI is InChI=1S/C27H23ClN4O4/c28-26-17(16-5-8-23-24(14-16)35-11-10-34-23)2-1-3-21(26)31-27-18-12-15(4-7-22(18)36-32-27)13-19(29)20-6-9-25(33)30-20/h1-5,7-8,12-14,20H,6,9-11,29H2,(H,30,33)(H,31,32). The van der Waals surface area contributed by atoms with Crippen LogP contribution in [0.5, 0.6) is 11.5 Å². The number of benzene rings is 3. The monoisotopic (exact) mass is 502 g/mol. The van der Waals surface area contributed by atoms with E-state index in [2.05, 4.69) is 15.8 Å². The average molecular weight is 503 g/mol. The number of fused-ring (bicyclic) bond motifs is 2. The molecule has 1 fully saturated rings. The maximum atomic E-state index is 11.5. The van der Waals surface area contributed by atoms with E-state index in [1.807, 2.05) is 60.7 Å². The fourth-order valence-corrected chi connectivity index (χ4v) is 4.77. The van der Waals surface area contributed by atoms with Crippen molar-refractivity contribution in [1.29, 1.82) is 0 Å².